The quantitative estimate of drug-likeness (QED) is 0.559. The molecule has 0 bridgehead atoms. The number of para-hydroxylation sites is 2. The summed E-state index contributed by atoms with van der Waals surface area (Å²) in [5.41, 5.74) is 2.00. The van der Waals surface area contributed by atoms with E-state index in [2.05, 4.69) is 0 Å². The van der Waals surface area contributed by atoms with Crippen molar-refractivity contribution in [2.45, 2.75) is 6.54 Å². The summed E-state index contributed by atoms with van der Waals surface area (Å²) in [6.45, 7) is -0.200. The Bertz CT molecular complexity index is 1070. The summed E-state index contributed by atoms with van der Waals surface area (Å²) in [6.07, 6.45) is 3.15. The first-order valence-electron chi connectivity index (χ1n) is 8.26. The third-order valence-electron chi connectivity index (χ3n) is 4.22. The number of aromatic nitrogens is 1. The van der Waals surface area contributed by atoms with Crippen molar-refractivity contribution in [1.29, 1.82) is 5.26 Å². The van der Waals surface area contributed by atoms with Crippen LogP contribution in [0.25, 0.3) is 17.0 Å². The number of likely N-dealkylation sites (N-methyl/N-ethyl adjacent to an activating group) is 1. The summed E-state index contributed by atoms with van der Waals surface area (Å²) in [5.74, 6) is -1.40. The fourth-order valence-corrected chi connectivity index (χ4v) is 2.91. The number of carboxylic acids is 1. The zero-order valence-electron chi connectivity index (χ0n) is 14.7. The predicted octanol–water partition coefficient (Wildman–Crippen LogP) is 3.30. The van der Waals surface area contributed by atoms with Crippen LogP contribution in [0.15, 0.2) is 66.4 Å². The highest BCUT2D eigenvalue weighted by molar-refractivity contribution is 6.11. The highest BCUT2D eigenvalue weighted by atomic mass is 16.4. The Morgan fingerprint density at radius 3 is 2.48 bits per heavy atom. The van der Waals surface area contributed by atoms with Crippen molar-refractivity contribution in [2.75, 3.05) is 11.9 Å². The first-order valence-corrected chi connectivity index (χ1v) is 8.26. The fourth-order valence-electron chi connectivity index (χ4n) is 2.91. The van der Waals surface area contributed by atoms with Crippen molar-refractivity contribution in [3.05, 3.63) is 71.9 Å². The maximum atomic E-state index is 12.7. The standard InChI is InChI=1S/C21H17N3O3/c1-23(17-7-3-2-4-8-17)21(27)15(12-22)11-16-13-24(14-20(25)26)19-10-6-5-9-18(16)19/h2-11,13H,14H2,1H3,(H,25,26). The van der Waals surface area contributed by atoms with Gasteiger partial charge in [0.15, 0.2) is 0 Å². The van der Waals surface area contributed by atoms with Crippen LogP contribution in [-0.4, -0.2) is 28.6 Å². The molecule has 1 amide bonds. The van der Waals surface area contributed by atoms with Crippen molar-refractivity contribution in [3.63, 3.8) is 0 Å². The number of rotatable bonds is 5. The van der Waals surface area contributed by atoms with Gasteiger partial charge in [-0.3, -0.25) is 9.59 Å². The SMILES string of the molecule is CN(C(=O)C(C#N)=Cc1cn(CC(=O)O)c2ccccc12)c1ccccc1. The molecular weight excluding hydrogens is 342 g/mol. The number of hydrogen-bond acceptors (Lipinski definition) is 3. The third-order valence-corrected chi connectivity index (χ3v) is 4.22. The van der Waals surface area contributed by atoms with Crippen molar-refractivity contribution in [2.24, 2.45) is 0 Å². The molecule has 6 heteroatoms. The van der Waals surface area contributed by atoms with Gasteiger partial charge in [-0.15, -0.1) is 0 Å². The van der Waals surface area contributed by atoms with Crippen molar-refractivity contribution < 1.29 is 14.7 Å². The minimum atomic E-state index is -0.966. The number of aliphatic carboxylic acids is 1. The number of carboxylic acid groups (broad SMARTS) is 1. The van der Waals surface area contributed by atoms with Gasteiger partial charge in [0, 0.05) is 35.4 Å². The van der Waals surface area contributed by atoms with Crippen LogP contribution in [0.2, 0.25) is 0 Å². The van der Waals surface area contributed by atoms with E-state index in [4.69, 9.17) is 5.11 Å². The minimum Gasteiger partial charge on any atom is -0.480 e. The molecule has 3 rings (SSSR count). The lowest BCUT2D eigenvalue weighted by Crippen LogP contribution is -2.27. The van der Waals surface area contributed by atoms with Gasteiger partial charge in [-0.25, -0.2) is 0 Å². The lowest BCUT2D eigenvalue weighted by atomic mass is 10.1. The number of carbonyl (C=O) groups is 2. The van der Waals surface area contributed by atoms with E-state index >= 15 is 0 Å². The molecule has 1 heterocycles. The molecule has 2 aromatic carbocycles. The van der Waals surface area contributed by atoms with Crippen LogP contribution in [0.4, 0.5) is 5.69 Å². The van der Waals surface area contributed by atoms with Gasteiger partial charge in [0.05, 0.1) is 0 Å². The molecular formula is C21H17N3O3. The van der Waals surface area contributed by atoms with Crippen LogP contribution in [0.3, 0.4) is 0 Å². The number of fused-ring (bicyclic) bond motifs is 1. The Balaban J connectivity index is 2.02. The third kappa shape index (κ3) is 3.72. The van der Waals surface area contributed by atoms with Crippen molar-refractivity contribution >= 4 is 34.5 Å². The summed E-state index contributed by atoms with van der Waals surface area (Å²) >= 11 is 0. The van der Waals surface area contributed by atoms with Crippen LogP contribution in [0, 0.1) is 11.3 Å². The van der Waals surface area contributed by atoms with Gasteiger partial charge < -0.3 is 14.6 Å². The lowest BCUT2D eigenvalue weighted by molar-refractivity contribution is -0.137. The Morgan fingerprint density at radius 2 is 1.81 bits per heavy atom. The maximum absolute atomic E-state index is 12.7. The number of amides is 1. The molecule has 0 aliphatic rings. The summed E-state index contributed by atoms with van der Waals surface area (Å²) < 4.78 is 1.59. The number of nitrogens with zero attached hydrogens (tertiary/aromatic N) is 3. The van der Waals surface area contributed by atoms with Crippen LogP contribution in [0.1, 0.15) is 5.56 Å². The van der Waals surface area contributed by atoms with Gasteiger partial charge in [0.2, 0.25) is 0 Å². The molecule has 0 unspecified atom stereocenters. The van der Waals surface area contributed by atoms with Gasteiger partial charge in [-0.2, -0.15) is 5.26 Å². The molecule has 0 aliphatic heterocycles. The second kappa shape index (κ2) is 7.58. The Morgan fingerprint density at radius 1 is 1.15 bits per heavy atom. The number of benzene rings is 2. The Labute approximate surface area is 156 Å². The lowest BCUT2D eigenvalue weighted by Gasteiger charge is -2.16. The van der Waals surface area contributed by atoms with Crippen LogP contribution >= 0.6 is 0 Å². The molecule has 134 valence electrons. The highest BCUT2D eigenvalue weighted by Gasteiger charge is 2.17. The molecule has 0 saturated heterocycles. The molecule has 0 fully saturated rings. The van der Waals surface area contributed by atoms with Crippen molar-refractivity contribution in [3.8, 4) is 6.07 Å². The zero-order valence-corrected chi connectivity index (χ0v) is 14.7. The van der Waals surface area contributed by atoms with Gasteiger partial charge >= 0.3 is 5.97 Å². The second-order valence-corrected chi connectivity index (χ2v) is 5.99. The van der Waals surface area contributed by atoms with E-state index in [-0.39, 0.29) is 12.1 Å². The van der Waals surface area contributed by atoms with Crippen LogP contribution < -0.4 is 4.90 Å². The van der Waals surface area contributed by atoms with Gasteiger partial charge in [0.1, 0.15) is 18.2 Å². The number of hydrogen-bond donors (Lipinski definition) is 1. The summed E-state index contributed by atoms with van der Waals surface area (Å²) in [7, 11) is 1.61. The molecule has 6 nitrogen and oxygen atoms in total. The van der Waals surface area contributed by atoms with Crippen LogP contribution in [-0.2, 0) is 16.1 Å². The molecule has 3 aromatic rings. The van der Waals surface area contributed by atoms with E-state index in [1.165, 1.54) is 11.0 Å². The molecule has 0 saturated carbocycles. The van der Waals surface area contributed by atoms with E-state index in [1.807, 2.05) is 42.5 Å². The van der Waals surface area contributed by atoms with E-state index in [0.717, 1.165) is 10.9 Å². The van der Waals surface area contributed by atoms with Crippen molar-refractivity contribution in [1.82, 2.24) is 4.57 Å². The Kier molecular flexibility index (Phi) is 5.04. The summed E-state index contributed by atoms with van der Waals surface area (Å²) in [6, 6.07) is 18.3. The van der Waals surface area contributed by atoms with Gasteiger partial charge in [-0.05, 0) is 24.3 Å². The van der Waals surface area contributed by atoms with E-state index in [1.54, 1.807) is 36.0 Å². The topological polar surface area (TPSA) is 86.3 Å². The number of nitriles is 1. The summed E-state index contributed by atoms with van der Waals surface area (Å²) in [4.78, 5) is 25.2. The average Bonchev–Trinajstić information content (AvgIpc) is 3.02. The fraction of sp³-hybridized carbons (Fsp3) is 0.0952. The Hall–Kier alpha value is -3.85. The molecule has 1 N–H and O–H groups in total. The maximum Gasteiger partial charge on any atom is 0.323 e. The smallest absolute Gasteiger partial charge is 0.323 e. The number of anilines is 1. The van der Waals surface area contributed by atoms with Gasteiger partial charge in [0.25, 0.3) is 5.91 Å². The van der Waals surface area contributed by atoms with E-state index in [9.17, 15) is 14.9 Å². The monoisotopic (exact) mass is 359 g/mol. The highest BCUT2D eigenvalue weighted by Crippen LogP contribution is 2.24. The normalized spacial score (nSPS) is 11.2. The molecule has 0 atom stereocenters. The average molecular weight is 359 g/mol. The molecule has 0 spiro atoms. The minimum absolute atomic E-state index is 0.0282. The first-order chi connectivity index (χ1) is 13.0. The van der Waals surface area contributed by atoms with E-state index in [0.29, 0.717) is 11.3 Å². The summed E-state index contributed by atoms with van der Waals surface area (Å²) in [5, 5.41) is 19.4. The first kappa shape index (κ1) is 18.0. The molecule has 0 aliphatic carbocycles. The van der Waals surface area contributed by atoms with E-state index < -0.39 is 11.9 Å². The second-order valence-electron chi connectivity index (χ2n) is 5.99. The number of carbonyl (C=O) groups excluding carboxylic acids is 1. The van der Waals surface area contributed by atoms with Crippen LogP contribution in [0.5, 0.6) is 0 Å². The predicted molar refractivity (Wildman–Crippen MR) is 103 cm³/mol. The molecule has 1 aromatic heterocycles. The molecule has 0 radical (unpaired) electrons. The zero-order chi connectivity index (χ0) is 19.4. The molecule has 27 heavy (non-hydrogen) atoms. The van der Waals surface area contributed by atoms with Gasteiger partial charge in [-0.1, -0.05) is 36.4 Å². The largest absolute Gasteiger partial charge is 0.480 e.